The minimum absolute atomic E-state index is 0. The van der Waals surface area contributed by atoms with Crippen LogP contribution >= 0.6 is 24.0 Å². The molecule has 2 heterocycles. The summed E-state index contributed by atoms with van der Waals surface area (Å²) in [7, 11) is 1.72. The SMILES string of the molecule is CN=C(NCc1cc(F)cc2c1OCOC2)NC1CC(C)(C)Oc2ccccc21.I. The van der Waals surface area contributed by atoms with Gasteiger partial charge in [-0.05, 0) is 32.0 Å². The third-order valence-electron chi connectivity index (χ3n) is 5.11. The van der Waals surface area contributed by atoms with E-state index >= 15 is 0 Å². The van der Waals surface area contributed by atoms with Gasteiger partial charge in [-0.1, -0.05) is 18.2 Å². The van der Waals surface area contributed by atoms with E-state index < -0.39 is 0 Å². The predicted octanol–water partition coefficient (Wildman–Crippen LogP) is 4.28. The van der Waals surface area contributed by atoms with Gasteiger partial charge in [0.25, 0.3) is 0 Å². The molecule has 0 spiro atoms. The Bertz CT molecular complexity index is 936. The lowest BCUT2D eigenvalue weighted by Gasteiger charge is -2.38. The van der Waals surface area contributed by atoms with Crippen molar-refractivity contribution in [2.45, 2.75) is 45.1 Å². The van der Waals surface area contributed by atoms with E-state index in [-0.39, 0.29) is 48.2 Å². The van der Waals surface area contributed by atoms with Crippen molar-refractivity contribution >= 4 is 29.9 Å². The van der Waals surface area contributed by atoms with Crippen molar-refractivity contribution in [3.05, 3.63) is 58.9 Å². The average molecular weight is 527 g/mol. The maximum atomic E-state index is 14.0. The van der Waals surface area contributed by atoms with E-state index in [1.54, 1.807) is 7.05 Å². The number of para-hydroxylation sites is 1. The van der Waals surface area contributed by atoms with E-state index in [0.29, 0.717) is 24.9 Å². The number of benzene rings is 2. The molecular formula is C22H27FIN3O3. The average Bonchev–Trinajstić information content (AvgIpc) is 2.69. The third-order valence-corrected chi connectivity index (χ3v) is 5.11. The Hall–Kier alpha value is -2.07. The number of aliphatic imine (C=N–C) groups is 1. The van der Waals surface area contributed by atoms with Crippen LogP contribution in [0.3, 0.4) is 0 Å². The monoisotopic (exact) mass is 527 g/mol. The lowest BCUT2D eigenvalue weighted by atomic mass is 9.90. The number of halogens is 2. The van der Waals surface area contributed by atoms with Gasteiger partial charge in [-0.2, -0.15) is 0 Å². The van der Waals surface area contributed by atoms with Crippen molar-refractivity contribution in [2.24, 2.45) is 4.99 Å². The predicted molar refractivity (Wildman–Crippen MR) is 124 cm³/mol. The molecule has 8 heteroatoms. The van der Waals surface area contributed by atoms with Gasteiger partial charge in [-0.25, -0.2) is 4.39 Å². The number of ether oxygens (including phenoxy) is 3. The maximum Gasteiger partial charge on any atom is 0.191 e. The largest absolute Gasteiger partial charge is 0.487 e. The molecule has 2 aromatic rings. The third kappa shape index (κ3) is 4.97. The Morgan fingerprint density at radius 1 is 1.27 bits per heavy atom. The summed E-state index contributed by atoms with van der Waals surface area (Å²) < 4.78 is 30.9. The van der Waals surface area contributed by atoms with Crippen molar-refractivity contribution in [1.29, 1.82) is 0 Å². The van der Waals surface area contributed by atoms with Gasteiger partial charge in [-0.15, -0.1) is 24.0 Å². The highest BCUT2D eigenvalue weighted by atomic mass is 127. The number of hydrogen-bond acceptors (Lipinski definition) is 4. The van der Waals surface area contributed by atoms with Crippen LogP contribution in [0.2, 0.25) is 0 Å². The van der Waals surface area contributed by atoms with E-state index in [9.17, 15) is 4.39 Å². The molecule has 0 fully saturated rings. The van der Waals surface area contributed by atoms with Crippen LogP contribution in [0.1, 0.15) is 43.0 Å². The molecule has 162 valence electrons. The van der Waals surface area contributed by atoms with Crippen LogP contribution < -0.4 is 20.1 Å². The fraction of sp³-hybridized carbons (Fsp3) is 0.409. The Labute approximate surface area is 193 Å². The molecule has 2 aliphatic rings. The molecule has 4 rings (SSSR count). The van der Waals surface area contributed by atoms with Gasteiger partial charge >= 0.3 is 0 Å². The first kappa shape index (κ1) is 22.6. The standard InChI is InChI=1S/C22H26FN3O3.HI/c1-22(2)10-18(17-6-4-5-7-19(17)29-22)26-21(24-3)25-11-14-8-16(23)9-15-12-27-13-28-20(14)15;/h4-9,18H,10-13H2,1-3H3,(H2,24,25,26);1H. The molecule has 0 aromatic heterocycles. The zero-order valence-corrected chi connectivity index (χ0v) is 19.7. The number of rotatable bonds is 3. The fourth-order valence-corrected chi connectivity index (χ4v) is 3.86. The van der Waals surface area contributed by atoms with Crippen LogP contribution in [-0.2, 0) is 17.9 Å². The van der Waals surface area contributed by atoms with Crippen LogP contribution in [0, 0.1) is 5.82 Å². The topological polar surface area (TPSA) is 64.1 Å². The minimum atomic E-state index is -0.308. The summed E-state index contributed by atoms with van der Waals surface area (Å²) in [5, 5.41) is 6.76. The molecule has 2 N–H and O–H groups in total. The zero-order valence-electron chi connectivity index (χ0n) is 17.3. The van der Waals surface area contributed by atoms with Crippen LogP contribution in [-0.4, -0.2) is 25.4 Å². The van der Waals surface area contributed by atoms with Crippen molar-refractivity contribution in [1.82, 2.24) is 10.6 Å². The number of guanidine groups is 1. The van der Waals surface area contributed by atoms with E-state index in [2.05, 4.69) is 35.5 Å². The highest BCUT2D eigenvalue weighted by Gasteiger charge is 2.34. The van der Waals surface area contributed by atoms with Crippen molar-refractivity contribution in [2.75, 3.05) is 13.8 Å². The van der Waals surface area contributed by atoms with Gasteiger partial charge in [0.2, 0.25) is 0 Å². The summed E-state index contributed by atoms with van der Waals surface area (Å²) in [5.41, 5.74) is 2.26. The Morgan fingerprint density at radius 3 is 2.87 bits per heavy atom. The van der Waals surface area contributed by atoms with Crippen LogP contribution in [0.25, 0.3) is 0 Å². The molecule has 1 atom stereocenters. The van der Waals surface area contributed by atoms with Crippen molar-refractivity contribution in [3.8, 4) is 11.5 Å². The smallest absolute Gasteiger partial charge is 0.191 e. The Morgan fingerprint density at radius 2 is 2.07 bits per heavy atom. The quantitative estimate of drug-likeness (QED) is 0.355. The van der Waals surface area contributed by atoms with Gasteiger partial charge in [0.05, 0.1) is 12.6 Å². The molecule has 1 unspecified atom stereocenters. The fourth-order valence-electron chi connectivity index (χ4n) is 3.86. The molecule has 0 radical (unpaired) electrons. The summed E-state index contributed by atoms with van der Waals surface area (Å²) in [6.07, 6.45) is 0.792. The van der Waals surface area contributed by atoms with Crippen LogP contribution in [0.4, 0.5) is 4.39 Å². The first-order valence-corrected chi connectivity index (χ1v) is 9.72. The molecule has 30 heavy (non-hydrogen) atoms. The highest BCUT2D eigenvalue weighted by Crippen LogP contribution is 2.39. The maximum absolute atomic E-state index is 14.0. The summed E-state index contributed by atoms with van der Waals surface area (Å²) in [4.78, 5) is 4.35. The first-order chi connectivity index (χ1) is 13.9. The molecule has 0 saturated carbocycles. The lowest BCUT2D eigenvalue weighted by molar-refractivity contribution is -0.0172. The van der Waals surface area contributed by atoms with Gasteiger partial charge in [-0.3, -0.25) is 4.99 Å². The number of fused-ring (bicyclic) bond motifs is 2. The first-order valence-electron chi connectivity index (χ1n) is 9.72. The van der Waals surface area contributed by atoms with Gasteiger partial charge < -0.3 is 24.8 Å². The van der Waals surface area contributed by atoms with Gasteiger partial charge in [0, 0.05) is 36.7 Å². The molecule has 0 saturated heterocycles. The van der Waals surface area contributed by atoms with Crippen molar-refractivity contribution < 1.29 is 18.6 Å². The summed E-state index contributed by atoms with van der Waals surface area (Å²) in [6.45, 7) is 5.06. The van der Waals surface area contributed by atoms with Crippen LogP contribution in [0.5, 0.6) is 11.5 Å². The molecule has 0 aliphatic carbocycles. The Kier molecular flexibility index (Phi) is 7.07. The van der Waals surface area contributed by atoms with E-state index in [4.69, 9.17) is 14.2 Å². The van der Waals surface area contributed by atoms with E-state index in [1.807, 2.05) is 18.2 Å². The minimum Gasteiger partial charge on any atom is -0.487 e. The molecule has 0 bridgehead atoms. The second kappa shape index (κ2) is 9.38. The van der Waals surface area contributed by atoms with Crippen LogP contribution in [0.15, 0.2) is 41.4 Å². The Balaban J connectivity index is 0.00000256. The van der Waals surface area contributed by atoms with E-state index in [1.165, 1.54) is 12.1 Å². The van der Waals surface area contributed by atoms with E-state index in [0.717, 1.165) is 28.9 Å². The second-order valence-corrected chi connectivity index (χ2v) is 7.89. The number of nitrogens with zero attached hydrogens (tertiary/aromatic N) is 1. The highest BCUT2D eigenvalue weighted by molar-refractivity contribution is 14.0. The summed E-state index contributed by atoms with van der Waals surface area (Å²) >= 11 is 0. The molecule has 0 amide bonds. The summed E-state index contributed by atoms with van der Waals surface area (Å²) in [5.74, 6) is 1.88. The van der Waals surface area contributed by atoms with Gasteiger partial charge in [0.1, 0.15) is 22.9 Å². The normalized spacial score (nSPS) is 19.3. The van der Waals surface area contributed by atoms with Crippen molar-refractivity contribution in [3.63, 3.8) is 0 Å². The number of hydrogen-bond donors (Lipinski definition) is 2. The molecule has 6 nitrogen and oxygen atoms in total. The number of nitrogens with one attached hydrogen (secondary N) is 2. The molecule has 2 aliphatic heterocycles. The zero-order chi connectivity index (χ0) is 20.4. The lowest BCUT2D eigenvalue weighted by Crippen LogP contribution is -2.45. The van der Waals surface area contributed by atoms with Gasteiger partial charge in [0.15, 0.2) is 12.8 Å². The molecular weight excluding hydrogens is 500 g/mol. The summed E-state index contributed by atoms with van der Waals surface area (Å²) in [6, 6.07) is 11.0. The second-order valence-electron chi connectivity index (χ2n) is 7.89. The molecule has 2 aromatic carbocycles.